The Labute approximate surface area is 112 Å². The number of rotatable bonds is 0. The Morgan fingerprint density at radius 2 is 2.18 bits per heavy atom. The second-order valence-electron chi connectivity index (χ2n) is 4.29. The van der Waals surface area contributed by atoms with Crippen molar-refractivity contribution in [2.45, 2.75) is 32.2 Å². The van der Waals surface area contributed by atoms with Crippen LogP contribution in [0.3, 0.4) is 0 Å². The summed E-state index contributed by atoms with van der Waals surface area (Å²) in [5.74, 6) is 0. The number of halogens is 2. The van der Waals surface area contributed by atoms with E-state index in [1.54, 1.807) is 0 Å². The lowest BCUT2D eigenvalue weighted by Crippen LogP contribution is -2.29. The molecule has 0 saturated heterocycles. The molecule has 2 aromatic heterocycles. The molecule has 1 atom stereocenters. The first kappa shape index (κ1) is 14.2. The van der Waals surface area contributed by atoms with Gasteiger partial charge in [0.25, 0.3) is 0 Å². The minimum absolute atomic E-state index is 0. The topological polar surface area (TPSA) is 56.2 Å². The van der Waals surface area contributed by atoms with Crippen molar-refractivity contribution in [2.75, 3.05) is 0 Å². The van der Waals surface area contributed by atoms with Crippen LogP contribution in [0.2, 0.25) is 0 Å². The van der Waals surface area contributed by atoms with E-state index >= 15 is 0 Å². The van der Waals surface area contributed by atoms with Crippen LogP contribution in [0, 0.1) is 6.92 Å². The highest BCUT2D eigenvalue weighted by atomic mass is 35.5. The van der Waals surface area contributed by atoms with Gasteiger partial charge in [-0.2, -0.15) is 5.10 Å². The van der Waals surface area contributed by atoms with Gasteiger partial charge in [-0.3, -0.25) is 0 Å². The summed E-state index contributed by atoms with van der Waals surface area (Å²) in [6.45, 7) is 2.00. The van der Waals surface area contributed by atoms with Gasteiger partial charge in [-0.1, -0.05) is 0 Å². The molecule has 4 nitrogen and oxygen atoms in total. The van der Waals surface area contributed by atoms with Crippen LogP contribution < -0.4 is 5.73 Å². The molecule has 1 unspecified atom stereocenters. The SMILES string of the molecule is Cc1cc2ncc3c(n2n1)CCC(N)C3.Cl.Cl. The van der Waals surface area contributed by atoms with Crippen molar-refractivity contribution in [2.24, 2.45) is 5.73 Å². The van der Waals surface area contributed by atoms with Gasteiger partial charge in [-0.25, -0.2) is 9.50 Å². The van der Waals surface area contributed by atoms with Gasteiger partial charge in [0.05, 0.1) is 5.69 Å². The van der Waals surface area contributed by atoms with Gasteiger partial charge in [0.1, 0.15) is 0 Å². The number of hydrogen-bond acceptors (Lipinski definition) is 3. The smallest absolute Gasteiger partial charge is 0.155 e. The molecule has 0 radical (unpaired) electrons. The zero-order valence-electron chi connectivity index (χ0n) is 9.59. The maximum Gasteiger partial charge on any atom is 0.155 e. The monoisotopic (exact) mass is 274 g/mol. The number of nitrogens with zero attached hydrogens (tertiary/aromatic N) is 3. The Bertz CT molecular complexity index is 523. The Morgan fingerprint density at radius 1 is 1.41 bits per heavy atom. The fourth-order valence-electron chi connectivity index (χ4n) is 2.27. The molecule has 1 aliphatic carbocycles. The van der Waals surface area contributed by atoms with Crippen molar-refractivity contribution in [3.8, 4) is 0 Å². The quantitative estimate of drug-likeness (QED) is 0.796. The van der Waals surface area contributed by atoms with E-state index in [-0.39, 0.29) is 30.9 Å². The molecular formula is C11H16Cl2N4. The standard InChI is InChI=1S/C11H14N4.2ClH/c1-7-4-11-13-6-8-5-9(12)2-3-10(8)15(11)14-7;;/h4,6,9H,2-3,5,12H2,1H3;2*1H. The van der Waals surface area contributed by atoms with E-state index in [4.69, 9.17) is 5.73 Å². The Kier molecular flexibility index (Phi) is 4.36. The van der Waals surface area contributed by atoms with Crippen LogP contribution in [0.4, 0.5) is 0 Å². The predicted octanol–water partition coefficient (Wildman–Crippen LogP) is 1.70. The first-order chi connectivity index (χ1) is 7.24. The van der Waals surface area contributed by atoms with Crippen LogP contribution >= 0.6 is 24.8 Å². The van der Waals surface area contributed by atoms with Gasteiger partial charge in [0.2, 0.25) is 0 Å². The van der Waals surface area contributed by atoms with Crippen LogP contribution in [0.5, 0.6) is 0 Å². The average molecular weight is 275 g/mol. The third-order valence-electron chi connectivity index (χ3n) is 3.03. The molecule has 0 saturated carbocycles. The van der Waals surface area contributed by atoms with Gasteiger partial charge >= 0.3 is 0 Å². The van der Waals surface area contributed by atoms with Gasteiger partial charge in [-0.15, -0.1) is 24.8 Å². The first-order valence-electron chi connectivity index (χ1n) is 5.33. The molecule has 0 amide bonds. The molecule has 0 fully saturated rings. The van der Waals surface area contributed by atoms with Crippen LogP contribution in [0.1, 0.15) is 23.4 Å². The fourth-order valence-corrected chi connectivity index (χ4v) is 2.27. The molecular weight excluding hydrogens is 259 g/mol. The summed E-state index contributed by atoms with van der Waals surface area (Å²) in [5.41, 5.74) is 10.4. The molecule has 2 aromatic rings. The Morgan fingerprint density at radius 3 is 2.94 bits per heavy atom. The van der Waals surface area contributed by atoms with E-state index in [1.165, 1.54) is 11.3 Å². The van der Waals surface area contributed by atoms with E-state index < -0.39 is 0 Å². The molecule has 1 aliphatic rings. The van der Waals surface area contributed by atoms with E-state index in [9.17, 15) is 0 Å². The number of hydrogen-bond donors (Lipinski definition) is 1. The second-order valence-corrected chi connectivity index (χ2v) is 4.29. The van der Waals surface area contributed by atoms with Crippen molar-refractivity contribution >= 4 is 30.5 Å². The number of aromatic nitrogens is 3. The highest BCUT2D eigenvalue weighted by Crippen LogP contribution is 2.20. The van der Waals surface area contributed by atoms with Gasteiger partial charge in [0.15, 0.2) is 5.65 Å². The van der Waals surface area contributed by atoms with Crippen LogP contribution in [-0.4, -0.2) is 20.6 Å². The molecule has 0 aromatic carbocycles. The summed E-state index contributed by atoms with van der Waals surface area (Å²) >= 11 is 0. The number of fused-ring (bicyclic) bond motifs is 3. The van der Waals surface area contributed by atoms with E-state index in [1.807, 2.05) is 23.7 Å². The van der Waals surface area contributed by atoms with Crippen molar-refractivity contribution in [3.05, 3.63) is 29.2 Å². The van der Waals surface area contributed by atoms with E-state index in [0.717, 1.165) is 30.6 Å². The minimum Gasteiger partial charge on any atom is -0.327 e. The molecule has 3 rings (SSSR count). The van der Waals surface area contributed by atoms with Gasteiger partial charge < -0.3 is 5.73 Å². The number of nitrogens with two attached hydrogens (primary N) is 1. The lowest BCUT2D eigenvalue weighted by molar-refractivity contribution is 0.553. The molecule has 0 aliphatic heterocycles. The van der Waals surface area contributed by atoms with Crippen molar-refractivity contribution in [3.63, 3.8) is 0 Å². The average Bonchev–Trinajstić information content (AvgIpc) is 2.58. The predicted molar refractivity (Wildman–Crippen MR) is 72.2 cm³/mol. The van der Waals surface area contributed by atoms with Crippen molar-refractivity contribution in [1.29, 1.82) is 0 Å². The van der Waals surface area contributed by atoms with E-state index in [2.05, 4.69) is 10.1 Å². The van der Waals surface area contributed by atoms with Crippen molar-refractivity contribution in [1.82, 2.24) is 14.6 Å². The third kappa shape index (κ3) is 2.39. The Hall–Kier alpha value is -0.840. The van der Waals surface area contributed by atoms with Crippen LogP contribution in [0.25, 0.3) is 5.65 Å². The first-order valence-corrected chi connectivity index (χ1v) is 5.33. The summed E-state index contributed by atoms with van der Waals surface area (Å²) < 4.78 is 1.97. The summed E-state index contributed by atoms with van der Waals surface area (Å²) in [4.78, 5) is 4.39. The lowest BCUT2D eigenvalue weighted by atomic mass is 9.93. The van der Waals surface area contributed by atoms with Crippen molar-refractivity contribution < 1.29 is 0 Å². The lowest BCUT2D eigenvalue weighted by Gasteiger charge is -2.21. The van der Waals surface area contributed by atoms with Crippen LogP contribution in [-0.2, 0) is 12.8 Å². The van der Waals surface area contributed by atoms with E-state index in [0.29, 0.717) is 0 Å². The second kappa shape index (κ2) is 5.21. The van der Waals surface area contributed by atoms with Crippen LogP contribution in [0.15, 0.2) is 12.3 Å². The molecule has 0 bridgehead atoms. The highest BCUT2D eigenvalue weighted by Gasteiger charge is 2.18. The molecule has 2 N–H and O–H groups in total. The van der Waals surface area contributed by atoms with Gasteiger partial charge in [0, 0.05) is 24.0 Å². The fraction of sp³-hybridized carbons (Fsp3) is 0.455. The third-order valence-corrected chi connectivity index (χ3v) is 3.03. The maximum absolute atomic E-state index is 5.94. The zero-order valence-corrected chi connectivity index (χ0v) is 11.2. The maximum atomic E-state index is 5.94. The molecule has 2 heterocycles. The summed E-state index contributed by atoms with van der Waals surface area (Å²) in [6, 6.07) is 2.29. The number of aryl methyl sites for hydroxylation is 2. The Balaban J connectivity index is 0.000000722. The zero-order chi connectivity index (χ0) is 10.4. The molecule has 0 spiro atoms. The molecule has 17 heavy (non-hydrogen) atoms. The van der Waals surface area contributed by atoms with Gasteiger partial charge in [-0.05, 0) is 31.7 Å². The summed E-state index contributed by atoms with van der Waals surface area (Å²) in [7, 11) is 0. The highest BCUT2D eigenvalue weighted by molar-refractivity contribution is 5.85. The largest absolute Gasteiger partial charge is 0.327 e. The molecule has 94 valence electrons. The molecule has 6 heteroatoms. The summed E-state index contributed by atoms with van der Waals surface area (Å²) in [5, 5.41) is 4.46. The minimum atomic E-state index is 0. The summed E-state index contributed by atoms with van der Waals surface area (Å²) in [6.07, 6.45) is 4.93. The normalized spacial score (nSPS) is 18.1.